The molecule has 3 rings (SSSR count). The maximum atomic E-state index is 10.7. The highest BCUT2D eigenvalue weighted by Gasteiger charge is 2.23. The molecule has 3 nitrogen and oxygen atoms in total. The number of fused-ring (bicyclic) bond motifs is 1. The minimum Gasteiger partial charge on any atom is -0.454 e. The van der Waals surface area contributed by atoms with Gasteiger partial charge in [-0.05, 0) is 34.7 Å². The van der Waals surface area contributed by atoms with E-state index in [9.17, 15) is 5.11 Å². The number of hydrogen-bond acceptors (Lipinski definition) is 3. The van der Waals surface area contributed by atoms with Gasteiger partial charge in [0.1, 0.15) is 6.10 Å². The van der Waals surface area contributed by atoms with Crippen LogP contribution in [0.1, 0.15) is 42.6 Å². The molecule has 0 saturated carbocycles. The van der Waals surface area contributed by atoms with Crippen molar-refractivity contribution in [3.05, 3.63) is 59.2 Å². The van der Waals surface area contributed by atoms with Crippen molar-refractivity contribution < 1.29 is 14.6 Å². The second kappa shape index (κ2) is 5.17. The fraction of sp³-hybridized carbons (Fsp3) is 0.294. The summed E-state index contributed by atoms with van der Waals surface area (Å²) in [6.07, 6.45) is -0.650. The van der Waals surface area contributed by atoms with Crippen LogP contribution in [0.3, 0.4) is 0 Å². The van der Waals surface area contributed by atoms with Crippen LogP contribution >= 0.6 is 0 Å². The normalized spacial score (nSPS) is 14.6. The maximum absolute atomic E-state index is 10.7. The van der Waals surface area contributed by atoms with Gasteiger partial charge in [0.05, 0.1) is 0 Å². The molecule has 2 aromatic rings. The second-order valence-corrected chi connectivity index (χ2v) is 5.30. The minimum absolute atomic E-state index is 0.248. The first kappa shape index (κ1) is 13.0. The lowest BCUT2D eigenvalue weighted by Crippen LogP contribution is -2.05. The second-order valence-electron chi connectivity index (χ2n) is 5.30. The molecule has 0 amide bonds. The molecule has 0 saturated heterocycles. The van der Waals surface area contributed by atoms with Crippen molar-refractivity contribution >= 4 is 0 Å². The third-order valence-electron chi connectivity index (χ3n) is 3.61. The Hall–Kier alpha value is -2.00. The van der Waals surface area contributed by atoms with Gasteiger partial charge < -0.3 is 14.6 Å². The van der Waals surface area contributed by atoms with Crippen LogP contribution in [-0.4, -0.2) is 11.9 Å². The van der Waals surface area contributed by atoms with Gasteiger partial charge in [0, 0.05) is 0 Å². The summed E-state index contributed by atoms with van der Waals surface area (Å²) in [6, 6.07) is 13.5. The number of rotatable bonds is 3. The van der Waals surface area contributed by atoms with Crippen molar-refractivity contribution in [2.45, 2.75) is 25.9 Å². The molecule has 1 aliphatic rings. The third kappa shape index (κ3) is 2.25. The molecule has 0 radical (unpaired) electrons. The summed E-state index contributed by atoms with van der Waals surface area (Å²) < 4.78 is 10.9. The highest BCUT2D eigenvalue weighted by molar-refractivity contribution is 5.51. The summed E-state index contributed by atoms with van der Waals surface area (Å²) in [5.74, 6) is 1.77. The summed E-state index contributed by atoms with van der Waals surface area (Å²) in [7, 11) is 0. The highest BCUT2D eigenvalue weighted by atomic mass is 16.7. The lowest BCUT2D eigenvalue weighted by Gasteiger charge is -2.19. The fourth-order valence-electron chi connectivity index (χ4n) is 2.53. The van der Waals surface area contributed by atoms with Crippen molar-refractivity contribution in [3.63, 3.8) is 0 Å². The average molecular weight is 270 g/mol. The zero-order chi connectivity index (χ0) is 14.1. The Morgan fingerprint density at radius 3 is 2.15 bits per heavy atom. The SMILES string of the molecule is CC(C)c1cc2c(cc1C(O)c1ccccc1)OCO2. The van der Waals surface area contributed by atoms with Crippen molar-refractivity contribution in [1.82, 2.24) is 0 Å². The molecular weight excluding hydrogens is 252 g/mol. The fourth-order valence-corrected chi connectivity index (χ4v) is 2.53. The molecule has 20 heavy (non-hydrogen) atoms. The predicted molar refractivity (Wildman–Crippen MR) is 77.2 cm³/mol. The van der Waals surface area contributed by atoms with Gasteiger partial charge in [0.15, 0.2) is 11.5 Å². The summed E-state index contributed by atoms with van der Waals surface area (Å²) >= 11 is 0. The zero-order valence-corrected chi connectivity index (χ0v) is 11.7. The first-order valence-electron chi connectivity index (χ1n) is 6.83. The maximum Gasteiger partial charge on any atom is 0.231 e. The first-order valence-corrected chi connectivity index (χ1v) is 6.83. The van der Waals surface area contributed by atoms with E-state index >= 15 is 0 Å². The van der Waals surface area contributed by atoms with Crippen LogP contribution in [0, 0.1) is 0 Å². The quantitative estimate of drug-likeness (QED) is 0.925. The van der Waals surface area contributed by atoms with Crippen LogP contribution < -0.4 is 9.47 Å². The average Bonchev–Trinajstić information content (AvgIpc) is 2.93. The molecule has 0 fully saturated rings. The van der Waals surface area contributed by atoms with E-state index in [0.717, 1.165) is 22.4 Å². The van der Waals surface area contributed by atoms with Gasteiger partial charge in [-0.2, -0.15) is 0 Å². The molecule has 0 bridgehead atoms. The highest BCUT2D eigenvalue weighted by Crippen LogP contribution is 2.40. The predicted octanol–water partition coefficient (Wildman–Crippen LogP) is 3.62. The summed E-state index contributed by atoms with van der Waals surface area (Å²) in [5, 5.41) is 10.7. The van der Waals surface area contributed by atoms with E-state index in [4.69, 9.17) is 9.47 Å². The molecule has 1 heterocycles. The van der Waals surface area contributed by atoms with E-state index in [1.165, 1.54) is 0 Å². The topological polar surface area (TPSA) is 38.7 Å². The Balaban J connectivity index is 2.08. The zero-order valence-electron chi connectivity index (χ0n) is 11.7. The van der Waals surface area contributed by atoms with E-state index in [1.54, 1.807) is 0 Å². The van der Waals surface area contributed by atoms with Gasteiger partial charge in [0.25, 0.3) is 0 Å². The van der Waals surface area contributed by atoms with E-state index in [0.29, 0.717) is 11.7 Å². The molecule has 1 N–H and O–H groups in total. The Morgan fingerprint density at radius 1 is 0.950 bits per heavy atom. The molecule has 1 atom stereocenters. The molecule has 3 heteroatoms. The molecule has 104 valence electrons. The smallest absolute Gasteiger partial charge is 0.231 e. The Labute approximate surface area is 118 Å². The standard InChI is InChI=1S/C17H18O3/c1-11(2)13-8-15-16(20-10-19-15)9-14(13)17(18)12-6-4-3-5-7-12/h3-9,11,17-18H,10H2,1-2H3. The van der Waals surface area contributed by atoms with Gasteiger partial charge >= 0.3 is 0 Å². The van der Waals surface area contributed by atoms with E-state index in [2.05, 4.69) is 13.8 Å². The van der Waals surface area contributed by atoms with Gasteiger partial charge in [-0.25, -0.2) is 0 Å². The van der Waals surface area contributed by atoms with E-state index < -0.39 is 6.10 Å². The number of ether oxygens (including phenoxy) is 2. The van der Waals surface area contributed by atoms with Crippen LogP contribution in [0.4, 0.5) is 0 Å². The van der Waals surface area contributed by atoms with Crippen LogP contribution in [0.15, 0.2) is 42.5 Å². The lowest BCUT2D eigenvalue weighted by molar-refractivity contribution is 0.173. The van der Waals surface area contributed by atoms with Crippen LogP contribution in [0.2, 0.25) is 0 Å². The Kier molecular flexibility index (Phi) is 3.36. The van der Waals surface area contributed by atoms with E-state index in [-0.39, 0.29) is 6.79 Å². The Morgan fingerprint density at radius 2 is 1.55 bits per heavy atom. The van der Waals surface area contributed by atoms with Crippen molar-refractivity contribution in [2.24, 2.45) is 0 Å². The van der Waals surface area contributed by atoms with Crippen LogP contribution in [0.25, 0.3) is 0 Å². The number of hydrogen-bond donors (Lipinski definition) is 1. The lowest BCUT2D eigenvalue weighted by atomic mass is 9.90. The molecule has 0 aliphatic carbocycles. The Bertz CT molecular complexity index is 605. The number of benzene rings is 2. The summed E-state index contributed by atoms with van der Waals surface area (Å²) in [6.45, 7) is 4.47. The summed E-state index contributed by atoms with van der Waals surface area (Å²) in [5.41, 5.74) is 2.86. The van der Waals surface area contributed by atoms with Gasteiger partial charge in [0.2, 0.25) is 6.79 Å². The van der Waals surface area contributed by atoms with Crippen LogP contribution in [0.5, 0.6) is 11.5 Å². The van der Waals surface area contributed by atoms with Crippen LogP contribution in [-0.2, 0) is 0 Å². The molecule has 0 spiro atoms. The van der Waals surface area contributed by atoms with E-state index in [1.807, 2.05) is 42.5 Å². The molecule has 1 aliphatic heterocycles. The first-order chi connectivity index (χ1) is 9.66. The molecular formula is C17H18O3. The van der Waals surface area contributed by atoms with Gasteiger partial charge in [-0.1, -0.05) is 44.2 Å². The number of aliphatic hydroxyl groups is 1. The van der Waals surface area contributed by atoms with Gasteiger partial charge in [-0.15, -0.1) is 0 Å². The molecule has 2 aromatic carbocycles. The minimum atomic E-state index is -0.650. The molecule has 1 unspecified atom stereocenters. The van der Waals surface area contributed by atoms with Crippen molar-refractivity contribution in [2.75, 3.05) is 6.79 Å². The number of aliphatic hydroxyl groups excluding tert-OH is 1. The molecule has 0 aromatic heterocycles. The van der Waals surface area contributed by atoms with Crippen molar-refractivity contribution in [1.29, 1.82) is 0 Å². The largest absolute Gasteiger partial charge is 0.454 e. The third-order valence-corrected chi connectivity index (χ3v) is 3.61. The monoisotopic (exact) mass is 270 g/mol. The van der Waals surface area contributed by atoms with Gasteiger partial charge in [-0.3, -0.25) is 0 Å². The van der Waals surface area contributed by atoms with Crippen molar-refractivity contribution in [3.8, 4) is 11.5 Å². The summed E-state index contributed by atoms with van der Waals surface area (Å²) in [4.78, 5) is 0.